The molecule has 3 rings (SSSR count). The molecular weight excluding hydrogens is 246 g/mol. The van der Waals surface area contributed by atoms with Crippen molar-refractivity contribution in [2.75, 3.05) is 0 Å². The van der Waals surface area contributed by atoms with Gasteiger partial charge in [0.2, 0.25) is 0 Å². The predicted molar refractivity (Wildman–Crippen MR) is 80.8 cm³/mol. The van der Waals surface area contributed by atoms with Gasteiger partial charge in [-0.3, -0.25) is 4.98 Å². The maximum absolute atomic E-state index is 11.1. The number of nitrogens with zero attached hydrogens (tertiary/aromatic N) is 1. The van der Waals surface area contributed by atoms with Crippen molar-refractivity contribution in [2.24, 2.45) is 0 Å². The fraction of sp³-hybridized carbons (Fsp3) is 0.389. The van der Waals surface area contributed by atoms with Crippen LogP contribution in [-0.2, 0) is 12.0 Å². The molecule has 1 aliphatic carbocycles. The van der Waals surface area contributed by atoms with Gasteiger partial charge >= 0.3 is 0 Å². The Labute approximate surface area is 120 Å². The molecule has 1 heterocycles. The highest BCUT2D eigenvalue weighted by molar-refractivity contribution is 5.38. The molecule has 0 fully saturated rings. The summed E-state index contributed by atoms with van der Waals surface area (Å²) in [7, 11) is 0. The van der Waals surface area contributed by atoms with E-state index in [0.29, 0.717) is 0 Å². The number of aryl methyl sites for hydroxylation is 3. The van der Waals surface area contributed by atoms with Crippen molar-refractivity contribution in [3.8, 4) is 0 Å². The van der Waals surface area contributed by atoms with Crippen molar-refractivity contribution in [3.63, 3.8) is 0 Å². The molecule has 2 aromatic rings. The van der Waals surface area contributed by atoms with E-state index in [1.54, 1.807) is 0 Å². The summed E-state index contributed by atoms with van der Waals surface area (Å²) in [6, 6.07) is 10.4. The van der Waals surface area contributed by atoms with E-state index in [-0.39, 0.29) is 5.92 Å². The third kappa shape index (κ3) is 2.14. The molecule has 2 atom stereocenters. The second-order valence-corrected chi connectivity index (χ2v) is 6.16. The van der Waals surface area contributed by atoms with Gasteiger partial charge in [-0.2, -0.15) is 0 Å². The SMILES string of the molecule is Cc1cc(C)cc(C(C)(O)C2CCc3cccnc32)c1. The predicted octanol–water partition coefficient (Wildman–Crippen LogP) is 3.64. The lowest BCUT2D eigenvalue weighted by Gasteiger charge is -2.31. The van der Waals surface area contributed by atoms with Crippen LogP contribution in [0.4, 0.5) is 0 Å². The third-order valence-corrected chi connectivity index (χ3v) is 4.44. The number of fused-ring (bicyclic) bond motifs is 1. The summed E-state index contributed by atoms with van der Waals surface area (Å²) in [6.07, 6.45) is 3.80. The monoisotopic (exact) mass is 267 g/mol. The van der Waals surface area contributed by atoms with Crippen LogP contribution in [0.2, 0.25) is 0 Å². The van der Waals surface area contributed by atoms with Crippen molar-refractivity contribution < 1.29 is 5.11 Å². The van der Waals surface area contributed by atoms with Crippen molar-refractivity contribution in [2.45, 2.75) is 45.1 Å². The molecule has 0 radical (unpaired) electrons. The van der Waals surface area contributed by atoms with Gasteiger partial charge in [0.25, 0.3) is 0 Å². The number of aliphatic hydroxyl groups is 1. The van der Waals surface area contributed by atoms with Crippen LogP contribution in [0.25, 0.3) is 0 Å². The molecule has 0 spiro atoms. The van der Waals surface area contributed by atoms with Crippen molar-refractivity contribution in [1.29, 1.82) is 0 Å². The minimum Gasteiger partial charge on any atom is -0.385 e. The standard InChI is InChI=1S/C18H21NO/c1-12-9-13(2)11-15(10-12)18(3,20)16-7-6-14-5-4-8-19-17(14)16/h4-5,8-11,16,20H,6-7H2,1-3H3. The van der Waals surface area contributed by atoms with Crippen molar-refractivity contribution >= 4 is 0 Å². The number of benzene rings is 1. The smallest absolute Gasteiger partial charge is 0.0952 e. The molecule has 1 N–H and O–H groups in total. The zero-order chi connectivity index (χ0) is 14.3. The molecule has 2 nitrogen and oxygen atoms in total. The van der Waals surface area contributed by atoms with Gasteiger partial charge < -0.3 is 5.11 Å². The van der Waals surface area contributed by atoms with E-state index in [2.05, 4.69) is 43.1 Å². The quantitative estimate of drug-likeness (QED) is 0.901. The first-order valence-corrected chi connectivity index (χ1v) is 7.23. The Balaban J connectivity index is 2.05. The number of pyridine rings is 1. The average molecular weight is 267 g/mol. The van der Waals surface area contributed by atoms with Gasteiger partial charge in [0.15, 0.2) is 0 Å². The molecule has 1 aliphatic rings. The largest absolute Gasteiger partial charge is 0.385 e. The average Bonchev–Trinajstić information content (AvgIpc) is 2.82. The maximum Gasteiger partial charge on any atom is 0.0952 e. The summed E-state index contributed by atoms with van der Waals surface area (Å²) in [5, 5.41) is 11.1. The Morgan fingerprint density at radius 1 is 1.20 bits per heavy atom. The van der Waals surface area contributed by atoms with Crippen LogP contribution in [-0.4, -0.2) is 10.1 Å². The fourth-order valence-corrected chi connectivity index (χ4v) is 3.43. The van der Waals surface area contributed by atoms with Crippen LogP contribution >= 0.6 is 0 Å². The third-order valence-electron chi connectivity index (χ3n) is 4.44. The van der Waals surface area contributed by atoms with Crippen molar-refractivity contribution in [1.82, 2.24) is 4.98 Å². The molecule has 0 bridgehead atoms. The minimum absolute atomic E-state index is 0.0832. The summed E-state index contributed by atoms with van der Waals surface area (Å²) >= 11 is 0. The van der Waals surface area contributed by atoms with Crippen LogP contribution in [0.3, 0.4) is 0 Å². The van der Waals surface area contributed by atoms with Crippen LogP contribution in [0.1, 0.15) is 47.2 Å². The zero-order valence-corrected chi connectivity index (χ0v) is 12.4. The van der Waals surface area contributed by atoms with Gasteiger partial charge in [0.05, 0.1) is 5.60 Å². The topological polar surface area (TPSA) is 33.1 Å². The lowest BCUT2D eigenvalue weighted by molar-refractivity contribution is 0.0255. The first-order valence-electron chi connectivity index (χ1n) is 7.23. The first kappa shape index (κ1) is 13.3. The number of hydrogen-bond acceptors (Lipinski definition) is 2. The van der Waals surface area contributed by atoms with Crippen LogP contribution in [0.5, 0.6) is 0 Å². The first-order chi connectivity index (χ1) is 9.48. The van der Waals surface area contributed by atoms with E-state index < -0.39 is 5.60 Å². The molecule has 0 aliphatic heterocycles. The summed E-state index contributed by atoms with van der Waals surface area (Å²) < 4.78 is 0. The molecule has 2 unspecified atom stereocenters. The molecule has 1 aromatic heterocycles. The minimum atomic E-state index is -0.865. The lowest BCUT2D eigenvalue weighted by Crippen LogP contribution is -2.29. The highest BCUT2D eigenvalue weighted by Gasteiger charge is 2.39. The van der Waals surface area contributed by atoms with Gasteiger partial charge in [0.1, 0.15) is 0 Å². The van der Waals surface area contributed by atoms with Crippen LogP contribution in [0, 0.1) is 13.8 Å². The Hall–Kier alpha value is -1.67. The normalized spacial score (nSPS) is 20.5. The Bertz CT molecular complexity index is 625. The van der Waals surface area contributed by atoms with Gasteiger partial charge in [-0.05, 0) is 50.8 Å². The molecule has 0 amide bonds. The molecule has 1 aromatic carbocycles. The van der Waals surface area contributed by atoms with E-state index in [0.717, 1.165) is 24.1 Å². The lowest BCUT2D eigenvalue weighted by atomic mass is 9.80. The van der Waals surface area contributed by atoms with Crippen LogP contribution in [0.15, 0.2) is 36.5 Å². The fourth-order valence-electron chi connectivity index (χ4n) is 3.43. The Morgan fingerprint density at radius 2 is 1.90 bits per heavy atom. The molecule has 20 heavy (non-hydrogen) atoms. The Morgan fingerprint density at radius 3 is 2.60 bits per heavy atom. The van der Waals surface area contributed by atoms with Crippen molar-refractivity contribution in [3.05, 3.63) is 64.5 Å². The molecular formula is C18H21NO. The van der Waals surface area contributed by atoms with Gasteiger partial charge in [-0.1, -0.05) is 35.4 Å². The van der Waals surface area contributed by atoms with E-state index in [9.17, 15) is 5.11 Å². The maximum atomic E-state index is 11.1. The van der Waals surface area contributed by atoms with Gasteiger partial charge in [-0.15, -0.1) is 0 Å². The number of rotatable bonds is 2. The molecule has 0 saturated heterocycles. The summed E-state index contributed by atoms with van der Waals surface area (Å²) in [5.41, 5.74) is 4.87. The zero-order valence-electron chi connectivity index (χ0n) is 12.4. The highest BCUT2D eigenvalue weighted by atomic mass is 16.3. The highest BCUT2D eigenvalue weighted by Crippen LogP contribution is 2.44. The number of aromatic nitrogens is 1. The van der Waals surface area contributed by atoms with E-state index in [4.69, 9.17) is 0 Å². The van der Waals surface area contributed by atoms with E-state index >= 15 is 0 Å². The summed E-state index contributed by atoms with van der Waals surface area (Å²) in [5.74, 6) is 0.0832. The van der Waals surface area contributed by atoms with Gasteiger partial charge in [-0.25, -0.2) is 0 Å². The van der Waals surface area contributed by atoms with E-state index in [1.165, 1.54) is 16.7 Å². The second kappa shape index (κ2) is 4.71. The van der Waals surface area contributed by atoms with Crippen LogP contribution < -0.4 is 0 Å². The van der Waals surface area contributed by atoms with E-state index in [1.807, 2.05) is 19.2 Å². The Kier molecular flexibility index (Phi) is 3.14. The number of hydrogen-bond donors (Lipinski definition) is 1. The summed E-state index contributed by atoms with van der Waals surface area (Å²) in [4.78, 5) is 4.52. The molecule has 0 saturated carbocycles. The van der Waals surface area contributed by atoms with Gasteiger partial charge in [0, 0.05) is 17.8 Å². The second-order valence-electron chi connectivity index (χ2n) is 6.16. The summed E-state index contributed by atoms with van der Waals surface area (Å²) in [6.45, 7) is 6.08. The molecule has 2 heteroatoms. The molecule has 104 valence electrons.